The average molecular weight is 287 g/mol. The zero-order valence-electron chi connectivity index (χ0n) is 9.24. The molecule has 1 aromatic heterocycles. The van der Waals surface area contributed by atoms with E-state index in [2.05, 4.69) is 20.9 Å². The molecule has 0 saturated heterocycles. The molecule has 0 amide bonds. The van der Waals surface area contributed by atoms with E-state index < -0.39 is 5.97 Å². The molecule has 0 bridgehead atoms. The highest BCUT2D eigenvalue weighted by Gasteiger charge is 2.25. The molecule has 0 spiro atoms. The molecule has 1 fully saturated rings. The molecule has 1 aromatic rings. The van der Waals surface area contributed by atoms with Gasteiger partial charge >= 0.3 is 5.97 Å². The van der Waals surface area contributed by atoms with E-state index in [4.69, 9.17) is 5.11 Å². The number of hydrogen-bond donors (Lipinski definition) is 1. The van der Waals surface area contributed by atoms with Crippen LogP contribution in [0.3, 0.4) is 0 Å². The Morgan fingerprint density at radius 1 is 1.44 bits per heavy atom. The Morgan fingerprint density at radius 2 is 2.06 bits per heavy atom. The van der Waals surface area contributed by atoms with Gasteiger partial charge in [0.2, 0.25) is 0 Å². The van der Waals surface area contributed by atoms with Crippen molar-refractivity contribution in [1.29, 1.82) is 0 Å². The number of carboxylic acid groups (broad SMARTS) is 1. The lowest BCUT2D eigenvalue weighted by molar-refractivity contribution is 0.0689. The first kappa shape index (κ1) is 11.6. The van der Waals surface area contributed by atoms with Crippen LogP contribution in [0.5, 0.6) is 0 Å². The molecule has 0 atom stereocenters. The summed E-state index contributed by atoms with van der Waals surface area (Å²) in [4.78, 5) is 15.2. The molecule has 1 heterocycles. The van der Waals surface area contributed by atoms with Crippen LogP contribution in [0.25, 0.3) is 0 Å². The van der Waals surface area contributed by atoms with Gasteiger partial charge in [-0.15, -0.1) is 0 Å². The van der Waals surface area contributed by atoms with Gasteiger partial charge in [0.1, 0.15) is 10.4 Å². The van der Waals surface area contributed by atoms with Crippen LogP contribution < -0.4 is 0 Å². The number of imidazole rings is 1. The highest BCUT2D eigenvalue weighted by Crippen LogP contribution is 2.33. The summed E-state index contributed by atoms with van der Waals surface area (Å²) in [6.45, 7) is 0. The zero-order chi connectivity index (χ0) is 11.7. The van der Waals surface area contributed by atoms with Crippen LogP contribution in [0.1, 0.15) is 54.3 Å². The Hall–Kier alpha value is -0.840. The highest BCUT2D eigenvalue weighted by atomic mass is 79.9. The minimum absolute atomic E-state index is 0.128. The van der Waals surface area contributed by atoms with Crippen LogP contribution in [-0.2, 0) is 7.05 Å². The Morgan fingerprint density at radius 3 is 2.56 bits per heavy atom. The maximum atomic E-state index is 11.0. The molecule has 4 nitrogen and oxygen atoms in total. The Bertz CT molecular complexity index is 408. The molecule has 0 aliphatic heterocycles. The number of hydrogen-bond acceptors (Lipinski definition) is 2. The summed E-state index contributed by atoms with van der Waals surface area (Å²) >= 11 is 3.29. The van der Waals surface area contributed by atoms with E-state index in [-0.39, 0.29) is 5.69 Å². The second-order valence-electron chi connectivity index (χ2n) is 4.31. The predicted molar refractivity (Wildman–Crippen MR) is 63.7 cm³/mol. The fourth-order valence-electron chi connectivity index (χ4n) is 2.36. The van der Waals surface area contributed by atoms with Crippen LogP contribution in [-0.4, -0.2) is 20.6 Å². The Balaban J connectivity index is 2.33. The van der Waals surface area contributed by atoms with Crippen LogP contribution >= 0.6 is 15.9 Å². The molecular weight excluding hydrogens is 272 g/mol. The van der Waals surface area contributed by atoms with Gasteiger partial charge in [-0.1, -0.05) is 19.3 Å². The lowest BCUT2D eigenvalue weighted by Gasteiger charge is -2.20. The van der Waals surface area contributed by atoms with E-state index >= 15 is 0 Å². The first-order valence-electron chi connectivity index (χ1n) is 5.56. The third-order valence-corrected chi connectivity index (χ3v) is 4.14. The fourth-order valence-corrected chi connectivity index (χ4v) is 2.80. The molecular formula is C11H15BrN2O2. The van der Waals surface area contributed by atoms with E-state index in [0.717, 1.165) is 18.7 Å². The molecule has 1 saturated carbocycles. The van der Waals surface area contributed by atoms with Gasteiger partial charge in [-0.2, -0.15) is 0 Å². The van der Waals surface area contributed by atoms with Crippen molar-refractivity contribution in [3.63, 3.8) is 0 Å². The van der Waals surface area contributed by atoms with Gasteiger partial charge in [-0.25, -0.2) is 9.78 Å². The van der Waals surface area contributed by atoms with Crippen molar-refractivity contribution < 1.29 is 9.90 Å². The van der Waals surface area contributed by atoms with E-state index in [0.29, 0.717) is 10.5 Å². The Kier molecular flexibility index (Phi) is 3.33. The van der Waals surface area contributed by atoms with Crippen LogP contribution in [0, 0.1) is 0 Å². The largest absolute Gasteiger partial charge is 0.476 e. The fraction of sp³-hybridized carbons (Fsp3) is 0.636. The Labute approximate surface area is 103 Å². The molecule has 16 heavy (non-hydrogen) atoms. The topological polar surface area (TPSA) is 55.1 Å². The van der Waals surface area contributed by atoms with Crippen LogP contribution in [0.4, 0.5) is 0 Å². The van der Waals surface area contributed by atoms with Gasteiger partial charge in [-0.05, 0) is 28.8 Å². The van der Waals surface area contributed by atoms with E-state index in [1.165, 1.54) is 19.3 Å². The quantitative estimate of drug-likeness (QED) is 0.909. The smallest absolute Gasteiger partial charge is 0.357 e. The first-order chi connectivity index (χ1) is 7.61. The van der Waals surface area contributed by atoms with E-state index in [1.807, 2.05) is 11.6 Å². The van der Waals surface area contributed by atoms with Crippen LogP contribution in [0.2, 0.25) is 0 Å². The number of carboxylic acids is 1. The van der Waals surface area contributed by atoms with Crippen molar-refractivity contribution >= 4 is 21.9 Å². The number of carbonyl (C=O) groups is 1. The van der Waals surface area contributed by atoms with Crippen molar-refractivity contribution in [3.05, 3.63) is 16.1 Å². The number of aromatic carboxylic acids is 1. The van der Waals surface area contributed by atoms with Crippen molar-refractivity contribution in [2.24, 2.45) is 7.05 Å². The van der Waals surface area contributed by atoms with Gasteiger partial charge in [0, 0.05) is 13.0 Å². The standard InChI is InChI=1S/C11H15BrN2O2/c1-14-9(12)8(11(15)16)13-10(14)7-5-3-2-4-6-7/h7H,2-6H2,1H3,(H,15,16). The van der Waals surface area contributed by atoms with Gasteiger partial charge in [-0.3, -0.25) is 0 Å². The molecule has 88 valence electrons. The second kappa shape index (κ2) is 4.57. The number of rotatable bonds is 2. The second-order valence-corrected chi connectivity index (χ2v) is 5.06. The lowest BCUT2D eigenvalue weighted by atomic mass is 9.89. The minimum atomic E-state index is -0.968. The summed E-state index contributed by atoms with van der Waals surface area (Å²) in [5.74, 6) is 0.358. The molecule has 0 radical (unpaired) electrons. The van der Waals surface area contributed by atoms with Gasteiger partial charge in [0.05, 0.1) is 0 Å². The molecule has 0 aromatic carbocycles. The van der Waals surface area contributed by atoms with E-state index in [9.17, 15) is 4.79 Å². The lowest BCUT2D eigenvalue weighted by Crippen LogP contribution is -2.10. The number of aromatic nitrogens is 2. The van der Waals surface area contributed by atoms with Gasteiger partial charge in [0.25, 0.3) is 0 Å². The number of nitrogens with zero attached hydrogens (tertiary/aromatic N) is 2. The summed E-state index contributed by atoms with van der Waals surface area (Å²) in [6, 6.07) is 0. The normalized spacial score (nSPS) is 17.6. The minimum Gasteiger partial charge on any atom is -0.476 e. The summed E-state index contributed by atoms with van der Waals surface area (Å²) in [7, 11) is 1.87. The molecule has 1 aliphatic rings. The average Bonchev–Trinajstić information content (AvgIpc) is 2.58. The SMILES string of the molecule is Cn1c(C2CCCCC2)nc(C(=O)O)c1Br. The van der Waals surface area contributed by atoms with E-state index in [1.54, 1.807) is 0 Å². The highest BCUT2D eigenvalue weighted by molar-refractivity contribution is 9.10. The third kappa shape index (κ3) is 2.00. The zero-order valence-corrected chi connectivity index (χ0v) is 10.8. The monoisotopic (exact) mass is 286 g/mol. The molecule has 2 rings (SSSR count). The molecule has 0 unspecified atom stereocenters. The van der Waals surface area contributed by atoms with Crippen molar-refractivity contribution in [3.8, 4) is 0 Å². The molecule has 5 heteroatoms. The first-order valence-corrected chi connectivity index (χ1v) is 6.36. The summed E-state index contributed by atoms with van der Waals surface area (Å²) in [6.07, 6.45) is 5.97. The maximum Gasteiger partial charge on any atom is 0.357 e. The summed E-state index contributed by atoms with van der Waals surface area (Å²) < 4.78 is 2.43. The summed E-state index contributed by atoms with van der Waals surface area (Å²) in [5, 5.41) is 9.00. The van der Waals surface area contributed by atoms with Gasteiger partial charge < -0.3 is 9.67 Å². The molecule has 1 aliphatic carbocycles. The van der Waals surface area contributed by atoms with Crippen molar-refractivity contribution in [2.75, 3.05) is 0 Å². The maximum absolute atomic E-state index is 11.0. The molecule has 1 N–H and O–H groups in total. The number of halogens is 1. The predicted octanol–water partition coefficient (Wildman–Crippen LogP) is 2.93. The van der Waals surface area contributed by atoms with Gasteiger partial charge in [0.15, 0.2) is 5.69 Å². The third-order valence-electron chi connectivity index (χ3n) is 3.23. The summed E-state index contributed by atoms with van der Waals surface area (Å²) in [5.41, 5.74) is 0.128. The van der Waals surface area contributed by atoms with Crippen molar-refractivity contribution in [1.82, 2.24) is 9.55 Å². The van der Waals surface area contributed by atoms with Crippen molar-refractivity contribution in [2.45, 2.75) is 38.0 Å². The van der Waals surface area contributed by atoms with Crippen LogP contribution in [0.15, 0.2) is 4.60 Å².